The smallest absolute Gasteiger partial charge is 0.244 e. The van der Waals surface area contributed by atoms with Gasteiger partial charge >= 0.3 is 0 Å². The Kier molecular flexibility index (Phi) is 9.07. The Morgan fingerprint density at radius 2 is 1.53 bits per heavy atom. The van der Waals surface area contributed by atoms with E-state index in [2.05, 4.69) is 5.32 Å². The van der Waals surface area contributed by atoms with Gasteiger partial charge in [-0.2, -0.15) is 0 Å². The summed E-state index contributed by atoms with van der Waals surface area (Å²) >= 11 is 24.7. The van der Waals surface area contributed by atoms with Gasteiger partial charge in [-0.3, -0.25) is 13.9 Å². The van der Waals surface area contributed by atoms with Crippen LogP contribution < -0.4 is 9.62 Å². The first kappa shape index (κ1) is 26.5. The Bertz CT molecular complexity index is 1110. The monoisotopic (exact) mass is 539 g/mol. The fourth-order valence-corrected chi connectivity index (χ4v) is 4.74. The number of benzene rings is 2. The number of anilines is 1. The van der Waals surface area contributed by atoms with Crippen molar-refractivity contribution >= 4 is 73.9 Å². The lowest BCUT2D eigenvalue weighted by molar-refractivity contribution is -0.139. The standard InChI is InChI=1S/C20H21Cl4N3O4S/c1-12(20(29)25-2)26(10-13-14(21)6-4-7-15(13)22)18(28)11-27(32(3,30)31)17-9-5-8-16(23)19(17)24/h4-9,12H,10-11H2,1-3H3,(H,25,29)/t12-/m1/s1. The van der Waals surface area contributed by atoms with E-state index >= 15 is 0 Å². The summed E-state index contributed by atoms with van der Waals surface area (Å²) in [5.41, 5.74) is 0.463. The van der Waals surface area contributed by atoms with E-state index in [1.807, 2.05) is 0 Å². The number of halogens is 4. The van der Waals surface area contributed by atoms with Crippen molar-refractivity contribution in [2.24, 2.45) is 0 Å². The van der Waals surface area contributed by atoms with E-state index < -0.39 is 34.4 Å². The molecule has 0 aliphatic heterocycles. The molecule has 32 heavy (non-hydrogen) atoms. The van der Waals surface area contributed by atoms with Crippen LogP contribution in [0.25, 0.3) is 0 Å². The zero-order valence-electron chi connectivity index (χ0n) is 17.4. The van der Waals surface area contributed by atoms with Crippen LogP contribution in [0.3, 0.4) is 0 Å². The largest absolute Gasteiger partial charge is 0.357 e. The van der Waals surface area contributed by atoms with Crippen LogP contribution in [-0.2, 0) is 26.2 Å². The summed E-state index contributed by atoms with van der Waals surface area (Å²) in [5.74, 6) is -1.12. The Balaban J connectivity index is 2.49. The van der Waals surface area contributed by atoms with Gasteiger partial charge in [0.15, 0.2) is 0 Å². The van der Waals surface area contributed by atoms with E-state index in [4.69, 9.17) is 46.4 Å². The van der Waals surface area contributed by atoms with Crippen molar-refractivity contribution in [1.29, 1.82) is 0 Å². The molecule has 0 spiro atoms. The lowest BCUT2D eigenvalue weighted by Crippen LogP contribution is -2.50. The third-order valence-corrected chi connectivity index (χ3v) is 7.33. The molecule has 0 bridgehead atoms. The summed E-state index contributed by atoms with van der Waals surface area (Å²) in [7, 11) is -2.51. The van der Waals surface area contributed by atoms with Crippen molar-refractivity contribution in [3.8, 4) is 0 Å². The van der Waals surface area contributed by atoms with Crippen LogP contribution in [0, 0.1) is 0 Å². The first-order valence-corrected chi connectivity index (χ1v) is 12.6. The fourth-order valence-electron chi connectivity index (χ4n) is 2.93. The normalized spacial score (nSPS) is 12.2. The molecule has 7 nitrogen and oxygen atoms in total. The van der Waals surface area contributed by atoms with Crippen LogP contribution in [0.1, 0.15) is 12.5 Å². The quantitative estimate of drug-likeness (QED) is 0.542. The van der Waals surface area contributed by atoms with Crippen LogP contribution in [0.4, 0.5) is 5.69 Å². The first-order valence-electron chi connectivity index (χ1n) is 9.24. The van der Waals surface area contributed by atoms with Gasteiger partial charge in [-0.05, 0) is 31.2 Å². The Hall–Kier alpha value is -1.71. The molecule has 0 saturated heterocycles. The zero-order chi connectivity index (χ0) is 24.2. The highest BCUT2D eigenvalue weighted by atomic mass is 35.5. The molecule has 0 aromatic heterocycles. The van der Waals surface area contributed by atoms with Crippen LogP contribution in [0.2, 0.25) is 20.1 Å². The predicted octanol–water partition coefficient (Wildman–Crippen LogP) is 4.23. The van der Waals surface area contributed by atoms with Gasteiger partial charge in [0, 0.05) is 29.2 Å². The molecule has 2 amide bonds. The number of carbonyl (C=O) groups excluding carboxylic acids is 2. The molecular weight excluding hydrogens is 520 g/mol. The molecule has 0 saturated carbocycles. The van der Waals surface area contributed by atoms with Gasteiger partial charge in [-0.15, -0.1) is 0 Å². The van der Waals surface area contributed by atoms with E-state index in [0.29, 0.717) is 15.6 Å². The Labute approximate surface area is 207 Å². The number of carbonyl (C=O) groups is 2. The van der Waals surface area contributed by atoms with E-state index in [-0.39, 0.29) is 22.3 Å². The molecule has 0 heterocycles. The molecule has 0 fully saturated rings. The van der Waals surface area contributed by atoms with Crippen molar-refractivity contribution in [1.82, 2.24) is 10.2 Å². The summed E-state index contributed by atoms with van der Waals surface area (Å²) in [6, 6.07) is 8.34. The average molecular weight is 541 g/mol. The number of nitrogens with zero attached hydrogens (tertiary/aromatic N) is 2. The van der Waals surface area contributed by atoms with Gasteiger partial charge in [-0.25, -0.2) is 8.42 Å². The molecule has 0 unspecified atom stereocenters. The maximum absolute atomic E-state index is 13.3. The van der Waals surface area contributed by atoms with Crippen LogP contribution in [-0.4, -0.2) is 51.0 Å². The number of nitrogens with one attached hydrogen (secondary N) is 1. The van der Waals surface area contributed by atoms with Gasteiger partial charge in [0.25, 0.3) is 0 Å². The topological polar surface area (TPSA) is 86.8 Å². The Morgan fingerprint density at radius 1 is 1.00 bits per heavy atom. The number of hydrogen-bond acceptors (Lipinski definition) is 4. The molecule has 2 rings (SSSR count). The lowest BCUT2D eigenvalue weighted by atomic mass is 10.1. The summed E-state index contributed by atoms with van der Waals surface area (Å²) in [6.45, 7) is 0.772. The third kappa shape index (κ3) is 6.20. The summed E-state index contributed by atoms with van der Waals surface area (Å²) in [6.07, 6.45) is 0.939. The number of sulfonamides is 1. The second-order valence-corrected chi connectivity index (χ2v) is 10.4. The molecule has 12 heteroatoms. The molecule has 0 aliphatic carbocycles. The lowest BCUT2D eigenvalue weighted by Gasteiger charge is -2.32. The van der Waals surface area contributed by atoms with E-state index in [9.17, 15) is 18.0 Å². The molecule has 2 aromatic rings. The van der Waals surface area contributed by atoms with Crippen LogP contribution in [0.15, 0.2) is 36.4 Å². The molecule has 174 valence electrons. The molecule has 1 atom stereocenters. The second-order valence-electron chi connectivity index (χ2n) is 6.85. The molecular formula is C20H21Cl4N3O4S. The predicted molar refractivity (Wildman–Crippen MR) is 129 cm³/mol. The number of amides is 2. The maximum atomic E-state index is 13.3. The zero-order valence-corrected chi connectivity index (χ0v) is 21.2. The summed E-state index contributed by atoms with van der Waals surface area (Å²) < 4.78 is 25.9. The molecule has 0 radical (unpaired) electrons. The minimum absolute atomic E-state index is 0.0209. The molecule has 1 N–H and O–H groups in total. The van der Waals surface area contributed by atoms with E-state index in [1.54, 1.807) is 18.2 Å². The molecule has 0 aliphatic rings. The average Bonchev–Trinajstić information content (AvgIpc) is 2.72. The van der Waals surface area contributed by atoms with Crippen LogP contribution in [0.5, 0.6) is 0 Å². The van der Waals surface area contributed by atoms with Gasteiger partial charge in [0.1, 0.15) is 12.6 Å². The second kappa shape index (κ2) is 10.9. The number of rotatable bonds is 8. The minimum atomic E-state index is -3.94. The van der Waals surface area contributed by atoms with Crippen molar-refractivity contribution in [2.75, 3.05) is 24.2 Å². The summed E-state index contributed by atoms with van der Waals surface area (Å²) in [4.78, 5) is 26.9. The van der Waals surface area contributed by atoms with Gasteiger partial charge < -0.3 is 10.2 Å². The number of hydrogen-bond donors (Lipinski definition) is 1. The molecule has 2 aromatic carbocycles. The Morgan fingerprint density at radius 3 is 2.06 bits per heavy atom. The van der Waals surface area contributed by atoms with Gasteiger partial charge in [0.2, 0.25) is 21.8 Å². The first-order chi connectivity index (χ1) is 14.9. The highest BCUT2D eigenvalue weighted by molar-refractivity contribution is 7.92. The SMILES string of the molecule is CNC(=O)[C@@H](C)N(Cc1c(Cl)cccc1Cl)C(=O)CN(c1cccc(Cl)c1Cl)S(C)(=O)=O. The van der Waals surface area contributed by atoms with Crippen molar-refractivity contribution < 1.29 is 18.0 Å². The number of likely N-dealkylation sites (N-methyl/N-ethyl adjacent to an activating group) is 1. The highest BCUT2D eigenvalue weighted by Crippen LogP contribution is 2.34. The van der Waals surface area contributed by atoms with Crippen molar-refractivity contribution in [3.63, 3.8) is 0 Å². The fraction of sp³-hybridized carbons (Fsp3) is 0.300. The van der Waals surface area contributed by atoms with Gasteiger partial charge in [-0.1, -0.05) is 58.5 Å². The van der Waals surface area contributed by atoms with Crippen LogP contribution >= 0.6 is 46.4 Å². The van der Waals surface area contributed by atoms with Crippen molar-refractivity contribution in [3.05, 3.63) is 62.1 Å². The highest BCUT2D eigenvalue weighted by Gasteiger charge is 2.31. The summed E-state index contributed by atoms with van der Waals surface area (Å²) in [5, 5.41) is 3.19. The van der Waals surface area contributed by atoms with E-state index in [0.717, 1.165) is 10.6 Å². The van der Waals surface area contributed by atoms with E-state index in [1.165, 1.54) is 37.1 Å². The maximum Gasteiger partial charge on any atom is 0.244 e. The van der Waals surface area contributed by atoms with Gasteiger partial charge in [0.05, 0.1) is 22.0 Å². The van der Waals surface area contributed by atoms with Crippen molar-refractivity contribution in [2.45, 2.75) is 19.5 Å². The third-order valence-electron chi connectivity index (χ3n) is 4.68. The minimum Gasteiger partial charge on any atom is -0.357 e.